The van der Waals surface area contributed by atoms with Gasteiger partial charge in [-0.2, -0.15) is 0 Å². The van der Waals surface area contributed by atoms with Crippen molar-refractivity contribution < 1.29 is 8.97 Å². The Morgan fingerprint density at radius 3 is 2.29 bits per heavy atom. The predicted octanol–water partition coefficient (Wildman–Crippen LogP) is 2.44. The van der Waals surface area contributed by atoms with Crippen molar-refractivity contribution in [3.8, 4) is 0 Å². The van der Waals surface area contributed by atoms with E-state index >= 15 is 0 Å². The van der Waals surface area contributed by atoms with E-state index in [1.54, 1.807) is 0 Å². The van der Waals surface area contributed by atoms with Crippen LogP contribution in [0.15, 0.2) is 24.3 Å². The van der Waals surface area contributed by atoms with Crippen LogP contribution in [0.4, 0.5) is 4.39 Å². The van der Waals surface area contributed by atoms with Crippen LogP contribution in [0.3, 0.4) is 0 Å². The summed E-state index contributed by atoms with van der Waals surface area (Å²) in [7, 11) is 0. The van der Waals surface area contributed by atoms with E-state index in [1.807, 2.05) is 12.1 Å². The van der Waals surface area contributed by atoms with Crippen LogP contribution >= 0.6 is 0 Å². The Bertz CT molecular complexity index is 319. The minimum atomic E-state index is -0.166. The molecule has 0 bridgehead atoms. The van der Waals surface area contributed by atoms with Crippen molar-refractivity contribution in [1.82, 2.24) is 0 Å². The molecule has 0 N–H and O–H groups in total. The van der Waals surface area contributed by atoms with Gasteiger partial charge in [0.15, 0.2) is 6.21 Å². The summed E-state index contributed by atoms with van der Waals surface area (Å²) >= 11 is 0. The Morgan fingerprint density at radius 1 is 1.00 bits per heavy atom. The first-order valence-electron chi connectivity index (χ1n) is 5.19. The van der Waals surface area contributed by atoms with Crippen molar-refractivity contribution in [3.63, 3.8) is 0 Å². The van der Waals surface area contributed by atoms with Gasteiger partial charge < -0.3 is 0 Å². The fourth-order valence-corrected chi connectivity index (χ4v) is 1.81. The molecular weight excluding hydrogens is 177 g/mol. The van der Waals surface area contributed by atoms with Gasteiger partial charge in [-0.15, -0.1) is 0 Å². The highest BCUT2D eigenvalue weighted by atomic mass is 19.1. The first-order chi connectivity index (χ1) is 6.84. The SMILES string of the molecule is Fc1ccc(C=[N+]2CCCCC2)cc1. The third-order valence-corrected chi connectivity index (χ3v) is 2.59. The minimum Gasteiger partial charge on any atom is -0.236 e. The van der Waals surface area contributed by atoms with Crippen molar-refractivity contribution in [1.29, 1.82) is 0 Å². The number of hydrogen-bond acceptors (Lipinski definition) is 0. The first kappa shape index (κ1) is 9.38. The number of hydrogen-bond donors (Lipinski definition) is 0. The minimum absolute atomic E-state index is 0.166. The lowest BCUT2D eigenvalue weighted by Gasteiger charge is -2.08. The van der Waals surface area contributed by atoms with Crippen LogP contribution in [0.5, 0.6) is 0 Å². The third-order valence-electron chi connectivity index (χ3n) is 2.59. The van der Waals surface area contributed by atoms with Crippen LogP contribution in [0.25, 0.3) is 0 Å². The topological polar surface area (TPSA) is 3.01 Å². The second-order valence-electron chi connectivity index (χ2n) is 3.78. The summed E-state index contributed by atoms with van der Waals surface area (Å²) in [4.78, 5) is 0. The van der Waals surface area contributed by atoms with Crippen molar-refractivity contribution in [2.75, 3.05) is 13.1 Å². The molecule has 1 aromatic rings. The van der Waals surface area contributed by atoms with E-state index in [9.17, 15) is 4.39 Å². The monoisotopic (exact) mass is 192 g/mol. The number of halogens is 1. The molecule has 0 spiro atoms. The Hall–Kier alpha value is -1.18. The van der Waals surface area contributed by atoms with Crippen LogP contribution in [0.2, 0.25) is 0 Å². The van der Waals surface area contributed by atoms with Gasteiger partial charge in [-0.1, -0.05) is 0 Å². The van der Waals surface area contributed by atoms with Gasteiger partial charge in [0, 0.05) is 18.4 Å². The molecule has 0 unspecified atom stereocenters. The predicted molar refractivity (Wildman–Crippen MR) is 55.4 cm³/mol. The third kappa shape index (κ3) is 2.41. The number of nitrogens with zero attached hydrogens (tertiary/aromatic N) is 1. The van der Waals surface area contributed by atoms with Gasteiger partial charge in [-0.25, -0.2) is 8.97 Å². The lowest BCUT2D eigenvalue weighted by molar-refractivity contribution is -0.532. The Labute approximate surface area is 83.9 Å². The molecule has 0 aromatic heterocycles. The first-order valence-corrected chi connectivity index (χ1v) is 5.19. The van der Waals surface area contributed by atoms with Gasteiger partial charge in [-0.3, -0.25) is 0 Å². The van der Waals surface area contributed by atoms with Crippen LogP contribution in [0, 0.1) is 5.82 Å². The molecule has 0 saturated carbocycles. The maximum atomic E-state index is 12.6. The van der Waals surface area contributed by atoms with Gasteiger partial charge >= 0.3 is 0 Å². The molecule has 1 heterocycles. The van der Waals surface area contributed by atoms with Gasteiger partial charge in [-0.05, 0) is 30.7 Å². The smallest absolute Gasteiger partial charge is 0.170 e. The molecule has 0 aliphatic carbocycles. The van der Waals surface area contributed by atoms with Crippen LogP contribution in [-0.4, -0.2) is 23.9 Å². The van der Waals surface area contributed by atoms with E-state index in [4.69, 9.17) is 0 Å². The molecule has 0 radical (unpaired) electrons. The summed E-state index contributed by atoms with van der Waals surface area (Å²) in [5, 5.41) is 0. The lowest BCUT2D eigenvalue weighted by Crippen LogP contribution is -2.21. The molecule has 0 atom stereocenters. The summed E-state index contributed by atoms with van der Waals surface area (Å²) in [5.74, 6) is -0.166. The van der Waals surface area contributed by atoms with E-state index in [1.165, 1.54) is 31.4 Å². The standard InChI is InChI=1S/C12H15FN/c13-12-6-4-11(5-7-12)10-14-8-2-1-3-9-14/h4-7,10H,1-3,8-9H2/q+1. The zero-order valence-corrected chi connectivity index (χ0v) is 8.25. The van der Waals surface area contributed by atoms with Gasteiger partial charge in [0.1, 0.15) is 18.9 Å². The molecule has 74 valence electrons. The average molecular weight is 192 g/mol. The molecule has 2 rings (SSSR count). The van der Waals surface area contributed by atoms with E-state index < -0.39 is 0 Å². The second-order valence-corrected chi connectivity index (χ2v) is 3.78. The molecule has 0 amide bonds. The summed E-state index contributed by atoms with van der Waals surface area (Å²) in [6, 6.07) is 6.67. The van der Waals surface area contributed by atoms with Gasteiger partial charge in [0.05, 0.1) is 0 Å². The molecule has 14 heavy (non-hydrogen) atoms. The highest BCUT2D eigenvalue weighted by Crippen LogP contribution is 2.05. The van der Waals surface area contributed by atoms with E-state index in [0.29, 0.717) is 0 Å². The molecule has 1 nitrogen and oxygen atoms in total. The van der Waals surface area contributed by atoms with E-state index in [-0.39, 0.29) is 5.82 Å². The quantitative estimate of drug-likeness (QED) is 0.601. The van der Waals surface area contributed by atoms with Crippen LogP contribution in [-0.2, 0) is 0 Å². The fourth-order valence-electron chi connectivity index (χ4n) is 1.81. The highest BCUT2D eigenvalue weighted by molar-refractivity contribution is 5.75. The summed E-state index contributed by atoms with van der Waals surface area (Å²) < 4.78 is 15.0. The van der Waals surface area contributed by atoms with E-state index in [2.05, 4.69) is 10.8 Å². The molecular formula is C12H15FN+. The molecule has 1 fully saturated rings. The lowest BCUT2D eigenvalue weighted by atomic mass is 10.1. The van der Waals surface area contributed by atoms with Crippen molar-refractivity contribution >= 4 is 6.21 Å². The van der Waals surface area contributed by atoms with Crippen molar-refractivity contribution in [3.05, 3.63) is 35.6 Å². The zero-order valence-electron chi connectivity index (χ0n) is 8.25. The average Bonchev–Trinajstić information content (AvgIpc) is 2.23. The summed E-state index contributed by atoms with van der Waals surface area (Å²) in [6.45, 7) is 2.27. The number of rotatable bonds is 1. The molecule has 2 heteroatoms. The molecule has 1 aliphatic heterocycles. The Balaban J connectivity index is 2.11. The highest BCUT2D eigenvalue weighted by Gasteiger charge is 2.10. The van der Waals surface area contributed by atoms with E-state index in [0.717, 1.165) is 18.7 Å². The molecule has 1 aromatic carbocycles. The van der Waals surface area contributed by atoms with Crippen molar-refractivity contribution in [2.45, 2.75) is 19.3 Å². The second kappa shape index (κ2) is 4.36. The fraction of sp³-hybridized carbons (Fsp3) is 0.417. The largest absolute Gasteiger partial charge is 0.236 e. The van der Waals surface area contributed by atoms with Gasteiger partial charge in [0.2, 0.25) is 0 Å². The van der Waals surface area contributed by atoms with Gasteiger partial charge in [0.25, 0.3) is 0 Å². The molecule has 1 saturated heterocycles. The van der Waals surface area contributed by atoms with Crippen LogP contribution < -0.4 is 0 Å². The molecule has 1 aliphatic rings. The Kier molecular flexibility index (Phi) is 2.92. The Morgan fingerprint density at radius 2 is 1.64 bits per heavy atom. The number of benzene rings is 1. The van der Waals surface area contributed by atoms with Crippen LogP contribution in [0.1, 0.15) is 24.8 Å². The maximum absolute atomic E-state index is 12.6. The maximum Gasteiger partial charge on any atom is 0.170 e. The summed E-state index contributed by atoms with van der Waals surface area (Å²) in [5.41, 5.74) is 1.09. The normalized spacial score (nSPS) is 16.8. The summed E-state index contributed by atoms with van der Waals surface area (Å²) in [6.07, 6.45) is 6.02. The number of piperidine rings is 1. The van der Waals surface area contributed by atoms with Crippen molar-refractivity contribution in [2.24, 2.45) is 0 Å². The zero-order chi connectivity index (χ0) is 9.80.